The van der Waals surface area contributed by atoms with Crippen molar-refractivity contribution in [2.24, 2.45) is 5.92 Å². The van der Waals surface area contributed by atoms with Crippen LogP contribution in [0.1, 0.15) is 31.2 Å². The van der Waals surface area contributed by atoms with Crippen LogP contribution in [0.3, 0.4) is 0 Å². The lowest BCUT2D eigenvalue weighted by Gasteiger charge is -2.23. The Bertz CT molecular complexity index is 395. The predicted octanol–water partition coefficient (Wildman–Crippen LogP) is 2.82. The first-order chi connectivity index (χ1) is 8.27. The Balaban J connectivity index is 1.98. The zero-order valence-electron chi connectivity index (χ0n) is 9.88. The van der Waals surface area contributed by atoms with Crippen molar-refractivity contribution in [1.29, 1.82) is 0 Å². The number of Topliss-reactive ketones (excluding diaryl/α,β-unsaturated/α-hetero) is 1. The molecule has 0 saturated heterocycles. The Hall–Kier alpha value is -1.41. The van der Waals surface area contributed by atoms with Crippen LogP contribution in [0.4, 0.5) is 0 Å². The van der Waals surface area contributed by atoms with Crippen LogP contribution in [-0.2, 0) is 4.79 Å². The standard InChI is InChI=1S/C15H18O2/c16-14-9-5-4-8-13(14)15(17)11-10-12-6-2-1-3-7-12/h1-3,6-7,10-11,13,15,17H,4-5,8-9H2/b11-10+/t13-,15+/m1/s1. The fraction of sp³-hybridized carbons (Fsp3) is 0.400. The first kappa shape index (κ1) is 12.1. The van der Waals surface area contributed by atoms with Gasteiger partial charge in [0, 0.05) is 12.3 Å². The van der Waals surface area contributed by atoms with Gasteiger partial charge in [0.15, 0.2) is 0 Å². The molecular formula is C15H18O2. The number of aliphatic hydroxyl groups is 1. The maximum Gasteiger partial charge on any atom is 0.138 e. The van der Waals surface area contributed by atoms with Crippen molar-refractivity contribution in [3.63, 3.8) is 0 Å². The first-order valence-corrected chi connectivity index (χ1v) is 6.21. The van der Waals surface area contributed by atoms with E-state index in [2.05, 4.69) is 0 Å². The summed E-state index contributed by atoms with van der Waals surface area (Å²) < 4.78 is 0. The van der Waals surface area contributed by atoms with Crippen LogP contribution in [0.15, 0.2) is 36.4 Å². The number of carbonyl (C=O) groups is 1. The Kier molecular flexibility index (Phi) is 4.10. The largest absolute Gasteiger partial charge is 0.388 e. The summed E-state index contributed by atoms with van der Waals surface area (Å²) in [5.41, 5.74) is 1.05. The SMILES string of the molecule is O=C1CCCC[C@H]1[C@@H](O)/C=C/c1ccccc1. The first-order valence-electron chi connectivity index (χ1n) is 6.21. The third-order valence-corrected chi connectivity index (χ3v) is 3.30. The van der Waals surface area contributed by atoms with Gasteiger partial charge in [-0.15, -0.1) is 0 Å². The van der Waals surface area contributed by atoms with Crippen molar-refractivity contribution < 1.29 is 9.90 Å². The highest BCUT2D eigenvalue weighted by Crippen LogP contribution is 2.24. The van der Waals surface area contributed by atoms with Crippen LogP contribution in [0.2, 0.25) is 0 Å². The van der Waals surface area contributed by atoms with Crippen molar-refractivity contribution in [2.45, 2.75) is 31.8 Å². The summed E-state index contributed by atoms with van der Waals surface area (Å²) in [6.07, 6.45) is 6.45. The molecule has 17 heavy (non-hydrogen) atoms. The maximum absolute atomic E-state index is 11.7. The Morgan fingerprint density at radius 2 is 2.00 bits per heavy atom. The summed E-state index contributed by atoms with van der Waals surface area (Å²) in [7, 11) is 0. The monoisotopic (exact) mass is 230 g/mol. The molecule has 2 heteroatoms. The molecular weight excluding hydrogens is 212 g/mol. The van der Waals surface area contributed by atoms with E-state index < -0.39 is 6.10 Å². The van der Waals surface area contributed by atoms with Crippen molar-refractivity contribution in [2.75, 3.05) is 0 Å². The minimum Gasteiger partial charge on any atom is -0.388 e. The summed E-state index contributed by atoms with van der Waals surface area (Å²) >= 11 is 0. The quantitative estimate of drug-likeness (QED) is 0.867. The summed E-state index contributed by atoms with van der Waals surface area (Å²) in [6.45, 7) is 0. The van der Waals surface area contributed by atoms with Crippen molar-refractivity contribution in [3.8, 4) is 0 Å². The lowest BCUT2D eigenvalue weighted by molar-refractivity contribution is -0.127. The molecule has 1 fully saturated rings. The second-order valence-corrected chi connectivity index (χ2v) is 4.58. The van der Waals surface area contributed by atoms with E-state index in [1.165, 1.54) is 0 Å². The van der Waals surface area contributed by atoms with Gasteiger partial charge in [0.2, 0.25) is 0 Å². The molecule has 0 heterocycles. The number of benzene rings is 1. The molecule has 0 bridgehead atoms. The highest BCUT2D eigenvalue weighted by atomic mass is 16.3. The molecule has 0 spiro atoms. The van der Waals surface area contributed by atoms with Gasteiger partial charge in [-0.05, 0) is 18.4 Å². The van der Waals surface area contributed by atoms with Crippen molar-refractivity contribution in [3.05, 3.63) is 42.0 Å². The molecule has 1 aromatic rings. The summed E-state index contributed by atoms with van der Waals surface area (Å²) in [5, 5.41) is 10.00. The van der Waals surface area contributed by atoms with Gasteiger partial charge in [-0.1, -0.05) is 48.9 Å². The molecule has 2 rings (SSSR count). The van der Waals surface area contributed by atoms with Crippen molar-refractivity contribution in [1.82, 2.24) is 0 Å². The van der Waals surface area contributed by atoms with E-state index in [4.69, 9.17) is 0 Å². The lowest BCUT2D eigenvalue weighted by Crippen LogP contribution is -2.29. The smallest absolute Gasteiger partial charge is 0.138 e. The molecule has 0 unspecified atom stereocenters. The lowest BCUT2D eigenvalue weighted by atomic mass is 9.84. The average molecular weight is 230 g/mol. The number of hydrogen-bond acceptors (Lipinski definition) is 2. The van der Waals surface area contributed by atoms with Crippen LogP contribution in [0.5, 0.6) is 0 Å². The van der Waals surface area contributed by atoms with E-state index in [9.17, 15) is 9.90 Å². The highest BCUT2D eigenvalue weighted by Gasteiger charge is 2.27. The predicted molar refractivity (Wildman–Crippen MR) is 68.4 cm³/mol. The number of carbonyl (C=O) groups excluding carboxylic acids is 1. The van der Waals surface area contributed by atoms with Gasteiger partial charge in [0.1, 0.15) is 5.78 Å². The fourth-order valence-corrected chi connectivity index (χ4v) is 2.28. The van der Waals surface area contributed by atoms with Gasteiger partial charge < -0.3 is 5.11 Å². The zero-order valence-corrected chi connectivity index (χ0v) is 9.88. The summed E-state index contributed by atoms with van der Waals surface area (Å²) in [4.78, 5) is 11.7. The van der Waals surface area contributed by atoms with E-state index in [0.717, 1.165) is 24.8 Å². The third-order valence-electron chi connectivity index (χ3n) is 3.30. The van der Waals surface area contributed by atoms with Gasteiger partial charge in [-0.2, -0.15) is 0 Å². The topological polar surface area (TPSA) is 37.3 Å². The molecule has 2 atom stereocenters. The van der Waals surface area contributed by atoms with Gasteiger partial charge in [0.25, 0.3) is 0 Å². The Morgan fingerprint density at radius 3 is 2.71 bits per heavy atom. The second-order valence-electron chi connectivity index (χ2n) is 4.58. The van der Waals surface area contributed by atoms with Crippen LogP contribution in [-0.4, -0.2) is 17.0 Å². The molecule has 0 aromatic heterocycles. The maximum atomic E-state index is 11.7. The van der Waals surface area contributed by atoms with Gasteiger partial charge in [-0.25, -0.2) is 0 Å². The number of rotatable bonds is 3. The van der Waals surface area contributed by atoms with Gasteiger partial charge in [0.05, 0.1) is 6.10 Å². The molecule has 2 nitrogen and oxygen atoms in total. The highest BCUT2D eigenvalue weighted by molar-refractivity contribution is 5.82. The molecule has 1 aromatic carbocycles. The minimum absolute atomic E-state index is 0.191. The molecule has 1 N–H and O–H groups in total. The van der Waals surface area contributed by atoms with Gasteiger partial charge in [-0.3, -0.25) is 4.79 Å². The Morgan fingerprint density at radius 1 is 1.24 bits per heavy atom. The van der Waals surface area contributed by atoms with E-state index >= 15 is 0 Å². The van der Waals surface area contributed by atoms with Crippen LogP contribution in [0.25, 0.3) is 6.08 Å². The normalized spacial score (nSPS) is 22.9. The molecule has 1 saturated carbocycles. The number of aliphatic hydroxyl groups excluding tert-OH is 1. The molecule has 1 aliphatic rings. The average Bonchev–Trinajstić information content (AvgIpc) is 2.38. The van der Waals surface area contributed by atoms with E-state index in [1.807, 2.05) is 36.4 Å². The third kappa shape index (κ3) is 3.27. The molecule has 0 radical (unpaired) electrons. The number of hydrogen-bond donors (Lipinski definition) is 1. The van der Waals surface area contributed by atoms with Crippen LogP contribution >= 0.6 is 0 Å². The van der Waals surface area contributed by atoms with E-state index in [0.29, 0.717) is 6.42 Å². The molecule has 1 aliphatic carbocycles. The summed E-state index contributed by atoms with van der Waals surface area (Å²) in [5.74, 6) is 0.0187. The summed E-state index contributed by atoms with van der Waals surface area (Å²) in [6, 6.07) is 9.83. The van der Waals surface area contributed by atoms with Crippen LogP contribution in [0, 0.1) is 5.92 Å². The number of ketones is 1. The Labute approximate surface area is 102 Å². The molecule has 90 valence electrons. The minimum atomic E-state index is -0.636. The molecule has 0 amide bonds. The van der Waals surface area contributed by atoms with Crippen LogP contribution < -0.4 is 0 Å². The van der Waals surface area contributed by atoms with E-state index in [1.54, 1.807) is 6.08 Å². The van der Waals surface area contributed by atoms with Crippen molar-refractivity contribution >= 4 is 11.9 Å². The van der Waals surface area contributed by atoms with E-state index in [-0.39, 0.29) is 11.7 Å². The zero-order chi connectivity index (χ0) is 12.1. The molecule has 0 aliphatic heterocycles. The second kappa shape index (κ2) is 5.78. The fourth-order valence-electron chi connectivity index (χ4n) is 2.28. The van der Waals surface area contributed by atoms with Gasteiger partial charge >= 0.3 is 0 Å².